The first-order valence-electron chi connectivity index (χ1n) is 8.37. The standard InChI is InChI=1S/C16H30N2O2/c1-13(16(20)18-9-4-2-3-5-10-18)17-12-14-7-6-8-15(19)11-14/h13-15,17,19H,2-12H2,1H3. The molecule has 1 saturated heterocycles. The van der Waals surface area contributed by atoms with Crippen LogP contribution in [0.4, 0.5) is 0 Å². The minimum Gasteiger partial charge on any atom is -0.393 e. The highest BCUT2D eigenvalue weighted by Crippen LogP contribution is 2.23. The van der Waals surface area contributed by atoms with Crippen molar-refractivity contribution in [1.29, 1.82) is 0 Å². The Kier molecular flexibility index (Phi) is 6.30. The lowest BCUT2D eigenvalue weighted by atomic mass is 9.87. The van der Waals surface area contributed by atoms with E-state index in [1.54, 1.807) is 0 Å². The molecule has 1 amide bonds. The van der Waals surface area contributed by atoms with Crippen molar-refractivity contribution in [2.45, 2.75) is 70.4 Å². The van der Waals surface area contributed by atoms with Gasteiger partial charge in [-0.05, 0) is 51.5 Å². The minimum atomic E-state index is -0.132. The summed E-state index contributed by atoms with van der Waals surface area (Å²) in [6.45, 7) is 4.68. The van der Waals surface area contributed by atoms with Gasteiger partial charge in [0, 0.05) is 13.1 Å². The highest BCUT2D eigenvalue weighted by molar-refractivity contribution is 5.81. The van der Waals surface area contributed by atoms with Crippen LogP contribution in [0.1, 0.15) is 58.3 Å². The van der Waals surface area contributed by atoms with Crippen molar-refractivity contribution >= 4 is 5.91 Å². The number of hydrogen-bond donors (Lipinski definition) is 2. The molecule has 0 aromatic heterocycles. The van der Waals surface area contributed by atoms with E-state index < -0.39 is 0 Å². The second kappa shape index (κ2) is 7.99. The molecule has 4 heteroatoms. The number of aliphatic hydroxyl groups is 1. The number of aliphatic hydroxyl groups excluding tert-OH is 1. The average molecular weight is 282 g/mol. The minimum absolute atomic E-state index is 0.0906. The Balaban J connectivity index is 1.72. The highest BCUT2D eigenvalue weighted by Gasteiger charge is 2.24. The molecule has 0 aromatic carbocycles. The fourth-order valence-corrected chi connectivity index (χ4v) is 3.44. The zero-order valence-corrected chi connectivity index (χ0v) is 12.8. The fourth-order valence-electron chi connectivity index (χ4n) is 3.44. The number of carbonyl (C=O) groups is 1. The Morgan fingerprint density at radius 1 is 1.20 bits per heavy atom. The van der Waals surface area contributed by atoms with Gasteiger partial charge in [-0.3, -0.25) is 4.79 Å². The van der Waals surface area contributed by atoms with Crippen LogP contribution in [-0.2, 0) is 4.79 Å². The van der Waals surface area contributed by atoms with E-state index in [4.69, 9.17) is 0 Å². The lowest BCUT2D eigenvalue weighted by Gasteiger charge is -2.29. The quantitative estimate of drug-likeness (QED) is 0.828. The maximum Gasteiger partial charge on any atom is 0.239 e. The van der Waals surface area contributed by atoms with E-state index in [1.165, 1.54) is 19.3 Å². The first-order valence-corrected chi connectivity index (χ1v) is 8.37. The predicted octanol–water partition coefficient (Wildman–Crippen LogP) is 1.92. The van der Waals surface area contributed by atoms with Gasteiger partial charge >= 0.3 is 0 Å². The molecular formula is C16H30N2O2. The molecule has 1 heterocycles. The summed E-state index contributed by atoms with van der Waals surface area (Å²) >= 11 is 0. The van der Waals surface area contributed by atoms with Crippen molar-refractivity contribution in [3.05, 3.63) is 0 Å². The van der Waals surface area contributed by atoms with Crippen LogP contribution in [0.2, 0.25) is 0 Å². The summed E-state index contributed by atoms with van der Waals surface area (Å²) in [4.78, 5) is 14.4. The zero-order chi connectivity index (χ0) is 14.4. The molecule has 1 aliphatic carbocycles. The van der Waals surface area contributed by atoms with E-state index in [0.717, 1.165) is 51.7 Å². The van der Waals surface area contributed by atoms with Gasteiger partial charge in [-0.15, -0.1) is 0 Å². The van der Waals surface area contributed by atoms with Crippen molar-refractivity contribution < 1.29 is 9.90 Å². The molecule has 0 spiro atoms. The van der Waals surface area contributed by atoms with Crippen molar-refractivity contribution in [2.24, 2.45) is 5.92 Å². The Labute approximate surface area is 122 Å². The third kappa shape index (κ3) is 4.74. The monoisotopic (exact) mass is 282 g/mol. The number of likely N-dealkylation sites (tertiary alicyclic amines) is 1. The SMILES string of the molecule is CC(NCC1CCCC(O)C1)C(=O)N1CCCCCC1. The molecule has 3 unspecified atom stereocenters. The second-order valence-electron chi connectivity index (χ2n) is 6.56. The number of nitrogens with one attached hydrogen (secondary N) is 1. The van der Waals surface area contributed by atoms with Crippen LogP contribution >= 0.6 is 0 Å². The summed E-state index contributed by atoms with van der Waals surface area (Å²) in [6.07, 6.45) is 8.79. The molecule has 0 aromatic rings. The van der Waals surface area contributed by atoms with Gasteiger partial charge in [0.2, 0.25) is 5.91 Å². The summed E-state index contributed by atoms with van der Waals surface area (Å²) in [5, 5.41) is 13.1. The molecule has 20 heavy (non-hydrogen) atoms. The summed E-state index contributed by atoms with van der Waals surface area (Å²) in [6, 6.07) is -0.0906. The first kappa shape index (κ1) is 15.8. The molecule has 2 aliphatic rings. The number of nitrogens with zero attached hydrogens (tertiary/aromatic N) is 1. The molecule has 116 valence electrons. The Morgan fingerprint density at radius 3 is 2.55 bits per heavy atom. The van der Waals surface area contributed by atoms with Crippen LogP contribution in [-0.4, -0.2) is 47.7 Å². The third-order valence-corrected chi connectivity index (χ3v) is 4.76. The molecule has 2 N–H and O–H groups in total. The van der Waals surface area contributed by atoms with Crippen molar-refractivity contribution in [1.82, 2.24) is 10.2 Å². The summed E-state index contributed by atoms with van der Waals surface area (Å²) in [7, 11) is 0. The fraction of sp³-hybridized carbons (Fsp3) is 0.938. The number of hydrogen-bond acceptors (Lipinski definition) is 3. The smallest absolute Gasteiger partial charge is 0.239 e. The Hall–Kier alpha value is -0.610. The first-order chi connectivity index (χ1) is 9.66. The van der Waals surface area contributed by atoms with Gasteiger partial charge in [-0.2, -0.15) is 0 Å². The van der Waals surface area contributed by atoms with Gasteiger partial charge < -0.3 is 15.3 Å². The Morgan fingerprint density at radius 2 is 1.90 bits per heavy atom. The van der Waals surface area contributed by atoms with Crippen LogP contribution in [0.15, 0.2) is 0 Å². The third-order valence-electron chi connectivity index (χ3n) is 4.76. The number of carbonyl (C=O) groups excluding carboxylic acids is 1. The van der Waals surface area contributed by atoms with Gasteiger partial charge in [0.05, 0.1) is 12.1 Å². The molecule has 2 rings (SSSR count). The van der Waals surface area contributed by atoms with Gasteiger partial charge in [0.15, 0.2) is 0 Å². The highest BCUT2D eigenvalue weighted by atomic mass is 16.3. The second-order valence-corrected chi connectivity index (χ2v) is 6.56. The molecule has 1 aliphatic heterocycles. The van der Waals surface area contributed by atoms with Crippen LogP contribution in [0.5, 0.6) is 0 Å². The van der Waals surface area contributed by atoms with Crippen molar-refractivity contribution in [3.63, 3.8) is 0 Å². The van der Waals surface area contributed by atoms with Crippen molar-refractivity contribution in [3.8, 4) is 0 Å². The molecule has 2 fully saturated rings. The van der Waals surface area contributed by atoms with E-state index in [1.807, 2.05) is 11.8 Å². The molecule has 1 saturated carbocycles. The lowest BCUT2D eigenvalue weighted by Crippen LogP contribution is -2.46. The summed E-state index contributed by atoms with van der Waals surface area (Å²) in [5.74, 6) is 0.779. The molecule has 4 nitrogen and oxygen atoms in total. The van der Waals surface area contributed by atoms with Crippen LogP contribution in [0.3, 0.4) is 0 Å². The van der Waals surface area contributed by atoms with Crippen LogP contribution in [0.25, 0.3) is 0 Å². The summed E-state index contributed by atoms with van der Waals surface area (Å²) in [5.41, 5.74) is 0. The van der Waals surface area contributed by atoms with Crippen LogP contribution in [0, 0.1) is 5.92 Å². The maximum atomic E-state index is 12.4. The molecule has 0 radical (unpaired) electrons. The normalized spacial score (nSPS) is 29.8. The van der Waals surface area contributed by atoms with E-state index in [2.05, 4.69) is 5.32 Å². The summed E-state index contributed by atoms with van der Waals surface area (Å²) < 4.78 is 0. The van der Waals surface area contributed by atoms with Gasteiger partial charge in [-0.25, -0.2) is 0 Å². The van der Waals surface area contributed by atoms with Gasteiger partial charge in [0.25, 0.3) is 0 Å². The van der Waals surface area contributed by atoms with E-state index in [0.29, 0.717) is 5.92 Å². The molecular weight excluding hydrogens is 252 g/mol. The van der Waals surface area contributed by atoms with E-state index in [9.17, 15) is 9.90 Å². The van der Waals surface area contributed by atoms with Gasteiger partial charge in [-0.1, -0.05) is 19.3 Å². The number of rotatable bonds is 4. The average Bonchev–Trinajstić information content (AvgIpc) is 2.73. The van der Waals surface area contributed by atoms with Gasteiger partial charge in [0.1, 0.15) is 0 Å². The zero-order valence-electron chi connectivity index (χ0n) is 12.8. The van der Waals surface area contributed by atoms with Crippen LogP contribution < -0.4 is 5.32 Å². The largest absolute Gasteiger partial charge is 0.393 e. The Bertz CT molecular complexity index is 301. The van der Waals surface area contributed by atoms with E-state index in [-0.39, 0.29) is 18.1 Å². The van der Waals surface area contributed by atoms with E-state index >= 15 is 0 Å². The lowest BCUT2D eigenvalue weighted by molar-refractivity contribution is -0.133. The predicted molar refractivity (Wildman–Crippen MR) is 80.5 cm³/mol. The van der Waals surface area contributed by atoms with Crippen molar-refractivity contribution in [2.75, 3.05) is 19.6 Å². The number of amides is 1. The molecule has 3 atom stereocenters. The molecule has 0 bridgehead atoms. The topological polar surface area (TPSA) is 52.6 Å². The maximum absolute atomic E-state index is 12.4.